The standard InChI is InChI=1S/C24H30N4O2/c1-6-8-17(7-2)28-22-18-10-9-16(11-20(18)27-23(29)19(22)13-26-28)21-14(3)12-25-24(30-5)15(21)4/h9-13,15,17,24H,6-8H2,1-5H3,(H,27,29)/t15?,17-,24?/m1/s1. The zero-order valence-corrected chi connectivity index (χ0v) is 18.4. The first kappa shape index (κ1) is 20.5. The minimum Gasteiger partial charge on any atom is -0.359 e. The van der Waals surface area contributed by atoms with E-state index in [9.17, 15) is 4.79 Å². The van der Waals surface area contributed by atoms with E-state index in [0.29, 0.717) is 11.4 Å². The van der Waals surface area contributed by atoms with Gasteiger partial charge in [-0.1, -0.05) is 39.3 Å². The summed E-state index contributed by atoms with van der Waals surface area (Å²) < 4.78 is 7.59. The Morgan fingerprint density at radius 1 is 1.27 bits per heavy atom. The van der Waals surface area contributed by atoms with E-state index >= 15 is 0 Å². The lowest BCUT2D eigenvalue weighted by molar-refractivity contribution is 0.0842. The summed E-state index contributed by atoms with van der Waals surface area (Å²) in [5, 5.41) is 6.28. The molecule has 0 spiro atoms. The average Bonchev–Trinajstić information content (AvgIpc) is 3.18. The van der Waals surface area contributed by atoms with Crippen molar-refractivity contribution in [3.63, 3.8) is 0 Å². The summed E-state index contributed by atoms with van der Waals surface area (Å²) in [5.41, 5.74) is 5.08. The van der Waals surface area contributed by atoms with Crippen molar-refractivity contribution in [3.05, 3.63) is 45.9 Å². The zero-order chi connectivity index (χ0) is 21.4. The number of ether oxygens (including phenoxy) is 1. The van der Waals surface area contributed by atoms with E-state index < -0.39 is 0 Å². The zero-order valence-electron chi connectivity index (χ0n) is 18.4. The van der Waals surface area contributed by atoms with Gasteiger partial charge in [0.1, 0.15) is 0 Å². The number of hydrogen-bond donors (Lipinski definition) is 1. The molecule has 1 aliphatic rings. The van der Waals surface area contributed by atoms with Gasteiger partial charge < -0.3 is 9.72 Å². The molecule has 0 saturated heterocycles. The highest BCUT2D eigenvalue weighted by molar-refractivity contribution is 6.04. The third kappa shape index (κ3) is 3.29. The number of pyridine rings is 1. The number of rotatable bonds is 6. The molecule has 3 atom stereocenters. The molecule has 0 radical (unpaired) electrons. The Balaban J connectivity index is 1.92. The van der Waals surface area contributed by atoms with Gasteiger partial charge in [-0.25, -0.2) is 0 Å². The van der Waals surface area contributed by atoms with Crippen molar-refractivity contribution < 1.29 is 4.74 Å². The first-order valence-electron chi connectivity index (χ1n) is 10.8. The van der Waals surface area contributed by atoms with Crippen LogP contribution in [0, 0.1) is 5.92 Å². The largest absolute Gasteiger partial charge is 0.359 e. The van der Waals surface area contributed by atoms with Crippen LogP contribution in [-0.4, -0.2) is 34.3 Å². The molecule has 6 heteroatoms. The topological polar surface area (TPSA) is 72.3 Å². The molecule has 0 fully saturated rings. The first-order chi connectivity index (χ1) is 14.5. The smallest absolute Gasteiger partial charge is 0.259 e. The SMILES string of the molecule is CCC[C@@H](CC)n1ncc2c(=O)[nH]c3cc(C4=C(C)C=NC(OC)C4C)ccc3c21. The van der Waals surface area contributed by atoms with E-state index in [-0.39, 0.29) is 17.7 Å². The summed E-state index contributed by atoms with van der Waals surface area (Å²) in [4.78, 5) is 20.4. The van der Waals surface area contributed by atoms with Gasteiger partial charge in [0.25, 0.3) is 5.56 Å². The lowest BCUT2D eigenvalue weighted by Gasteiger charge is -2.27. The molecule has 1 aliphatic heterocycles. The summed E-state index contributed by atoms with van der Waals surface area (Å²) in [6.45, 7) is 8.56. The Bertz CT molecular complexity index is 1200. The maximum Gasteiger partial charge on any atom is 0.259 e. The van der Waals surface area contributed by atoms with Crippen LogP contribution in [0.15, 0.2) is 39.8 Å². The molecule has 1 aromatic carbocycles. The van der Waals surface area contributed by atoms with Crippen LogP contribution in [0.25, 0.3) is 27.4 Å². The maximum absolute atomic E-state index is 12.8. The molecule has 158 valence electrons. The quantitative estimate of drug-likeness (QED) is 0.619. The fourth-order valence-electron chi connectivity index (χ4n) is 4.76. The molecule has 0 amide bonds. The van der Waals surface area contributed by atoms with Gasteiger partial charge in [-0.15, -0.1) is 0 Å². The lowest BCUT2D eigenvalue weighted by atomic mass is 9.87. The predicted molar refractivity (Wildman–Crippen MR) is 123 cm³/mol. The number of nitrogens with one attached hydrogen (secondary N) is 1. The summed E-state index contributed by atoms with van der Waals surface area (Å²) in [5.74, 6) is 0.132. The molecule has 0 bridgehead atoms. The number of methoxy groups -OCH3 is 1. The van der Waals surface area contributed by atoms with Crippen LogP contribution < -0.4 is 5.56 Å². The Labute approximate surface area is 176 Å². The second-order valence-corrected chi connectivity index (χ2v) is 8.21. The van der Waals surface area contributed by atoms with E-state index in [1.807, 2.05) is 6.21 Å². The molecular formula is C24H30N4O2. The Hall–Kier alpha value is -2.73. The predicted octanol–water partition coefficient (Wildman–Crippen LogP) is 5.10. The summed E-state index contributed by atoms with van der Waals surface area (Å²) in [7, 11) is 1.69. The molecule has 0 aliphatic carbocycles. The van der Waals surface area contributed by atoms with E-state index in [0.717, 1.165) is 46.8 Å². The lowest BCUT2D eigenvalue weighted by Crippen LogP contribution is -2.24. The van der Waals surface area contributed by atoms with Crippen molar-refractivity contribution in [3.8, 4) is 0 Å². The fourth-order valence-corrected chi connectivity index (χ4v) is 4.76. The van der Waals surface area contributed by atoms with Crippen LogP contribution >= 0.6 is 0 Å². The van der Waals surface area contributed by atoms with Crippen molar-refractivity contribution in [1.82, 2.24) is 14.8 Å². The monoisotopic (exact) mass is 406 g/mol. The van der Waals surface area contributed by atoms with Gasteiger partial charge >= 0.3 is 0 Å². The third-order valence-electron chi connectivity index (χ3n) is 6.28. The number of aliphatic imine (C=N–C) groups is 1. The number of aromatic amines is 1. The summed E-state index contributed by atoms with van der Waals surface area (Å²) in [6.07, 6.45) is 6.50. The van der Waals surface area contributed by atoms with Crippen molar-refractivity contribution in [2.75, 3.05) is 7.11 Å². The second-order valence-electron chi connectivity index (χ2n) is 8.21. The van der Waals surface area contributed by atoms with Crippen LogP contribution in [0.5, 0.6) is 0 Å². The minimum atomic E-state index is -0.193. The van der Waals surface area contributed by atoms with Gasteiger partial charge in [-0.05, 0) is 42.5 Å². The molecule has 3 heterocycles. The van der Waals surface area contributed by atoms with E-state index in [1.54, 1.807) is 13.3 Å². The fraction of sp³-hybridized carbons (Fsp3) is 0.458. The Morgan fingerprint density at radius 2 is 2.07 bits per heavy atom. The molecule has 2 unspecified atom stereocenters. The van der Waals surface area contributed by atoms with Crippen molar-refractivity contribution >= 4 is 33.6 Å². The highest BCUT2D eigenvalue weighted by Crippen LogP contribution is 2.35. The van der Waals surface area contributed by atoms with Gasteiger partial charge in [0.2, 0.25) is 0 Å². The maximum atomic E-state index is 12.8. The molecule has 4 rings (SSSR count). The van der Waals surface area contributed by atoms with Crippen LogP contribution in [-0.2, 0) is 4.74 Å². The van der Waals surface area contributed by atoms with Crippen molar-refractivity contribution in [1.29, 1.82) is 0 Å². The van der Waals surface area contributed by atoms with Crippen LogP contribution in [0.2, 0.25) is 0 Å². The van der Waals surface area contributed by atoms with E-state index in [1.165, 1.54) is 5.57 Å². The molecule has 2 aromatic heterocycles. The Kier molecular flexibility index (Phi) is 5.60. The van der Waals surface area contributed by atoms with Gasteiger partial charge in [-0.3, -0.25) is 14.5 Å². The average molecular weight is 407 g/mol. The van der Waals surface area contributed by atoms with Crippen molar-refractivity contribution in [2.45, 2.75) is 59.2 Å². The normalized spacial score (nSPS) is 20.4. The first-order valence-corrected chi connectivity index (χ1v) is 10.8. The molecule has 6 nitrogen and oxygen atoms in total. The molecule has 3 aromatic rings. The highest BCUT2D eigenvalue weighted by Gasteiger charge is 2.26. The molecule has 0 saturated carbocycles. The number of benzene rings is 1. The number of aromatic nitrogens is 3. The summed E-state index contributed by atoms with van der Waals surface area (Å²) in [6, 6.07) is 6.62. The highest BCUT2D eigenvalue weighted by atomic mass is 16.5. The molecular weight excluding hydrogens is 376 g/mol. The van der Waals surface area contributed by atoms with Crippen LogP contribution in [0.4, 0.5) is 0 Å². The summed E-state index contributed by atoms with van der Waals surface area (Å²) >= 11 is 0. The Morgan fingerprint density at radius 3 is 2.77 bits per heavy atom. The number of dihydropyridines is 1. The third-order valence-corrected chi connectivity index (χ3v) is 6.28. The number of allylic oxidation sites excluding steroid dienone is 1. The number of H-pyrrole nitrogens is 1. The van der Waals surface area contributed by atoms with E-state index in [2.05, 4.69) is 65.7 Å². The number of hydrogen-bond acceptors (Lipinski definition) is 4. The number of fused-ring (bicyclic) bond motifs is 3. The van der Waals surface area contributed by atoms with Crippen LogP contribution in [0.3, 0.4) is 0 Å². The van der Waals surface area contributed by atoms with E-state index in [4.69, 9.17) is 4.74 Å². The van der Waals surface area contributed by atoms with Crippen LogP contribution in [0.1, 0.15) is 58.6 Å². The van der Waals surface area contributed by atoms with Gasteiger partial charge in [-0.2, -0.15) is 5.10 Å². The van der Waals surface area contributed by atoms with Gasteiger partial charge in [0.05, 0.1) is 28.7 Å². The number of nitrogens with zero attached hydrogens (tertiary/aromatic N) is 3. The molecule has 1 N–H and O–H groups in total. The van der Waals surface area contributed by atoms with Crippen molar-refractivity contribution in [2.24, 2.45) is 10.9 Å². The van der Waals surface area contributed by atoms with Gasteiger partial charge in [0, 0.05) is 24.6 Å². The van der Waals surface area contributed by atoms with Gasteiger partial charge in [0.15, 0.2) is 6.23 Å². The minimum absolute atomic E-state index is 0.0917. The molecule has 30 heavy (non-hydrogen) atoms. The second kappa shape index (κ2) is 8.19.